The molecule has 1 aromatic rings. The number of carbonyl (C=O) groups is 1. The summed E-state index contributed by atoms with van der Waals surface area (Å²) in [4.78, 5) is 19.7. The highest BCUT2D eigenvalue weighted by Gasteiger charge is 2.19. The van der Waals surface area contributed by atoms with Crippen molar-refractivity contribution in [1.29, 1.82) is 0 Å². The topological polar surface area (TPSA) is 80.9 Å². The lowest BCUT2D eigenvalue weighted by Crippen LogP contribution is -2.39. The third-order valence-electron chi connectivity index (χ3n) is 2.47. The van der Waals surface area contributed by atoms with Gasteiger partial charge in [0.2, 0.25) is 5.91 Å². The zero-order valence-corrected chi connectivity index (χ0v) is 10.1. The van der Waals surface area contributed by atoms with Crippen molar-refractivity contribution >= 4 is 11.7 Å². The predicted octanol–water partition coefficient (Wildman–Crippen LogP) is 1.02. The third-order valence-corrected chi connectivity index (χ3v) is 2.47. The molecule has 16 heavy (non-hydrogen) atoms. The van der Waals surface area contributed by atoms with Crippen molar-refractivity contribution in [3.8, 4) is 0 Å². The van der Waals surface area contributed by atoms with Crippen LogP contribution < -0.4 is 11.1 Å². The molecule has 3 N–H and O–H groups in total. The highest BCUT2D eigenvalue weighted by molar-refractivity contribution is 5.82. The van der Waals surface area contributed by atoms with Crippen molar-refractivity contribution in [1.82, 2.24) is 9.97 Å². The van der Waals surface area contributed by atoms with E-state index in [4.69, 9.17) is 5.73 Å². The summed E-state index contributed by atoms with van der Waals surface area (Å²) < 4.78 is 0. The molecule has 5 heteroatoms. The molecule has 1 unspecified atom stereocenters. The molecule has 1 heterocycles. The highest BCUT2D eigenvalue weighted by Crippen LogP contribution is 2.11. The van der Waals surface area contributed by atoms with Crippen LogP contribution in [0.15, 0.2) is 6.20 Å². The van der Waals surface area contributed by atoms with Gasteiger partial charge in [0, 0.05) is 0 Å². The first kappa shape index (κ1) is 12.4. The second-order valence-corrected chi connectivity index (χ2v) is 4.19. The zero-order valence-electron chi connectivity index (χ0n) is 10.1. The van der Waals surface area contributed by atoms with Gasteiger partial charge < -0.3 is 11.1 Å². The van der Waals surface area contributed by atoms with E-state index in [0.717, 1.165) is 11.4 Å². The third kappa shape index (κ3) is 2.92. The molecule has 1 rings (SSSR count). The Kier molecular flexibility index (Phi) is 3.82. The molecule has 0 aliphatic heterocycles. The van der Waals surface area contributed by atoms with Crippen molar-refractivity contribution < 1.29 is 4.79 Å². The molecule has 0 aliphatic carbocycles. The molecule has 5 nitrogen and oxygen atoms in total. The molecule has 88 valence electrons. The van der Waals surface area contributed by atoms with E-state index in [2.05, 4.69) is 15.3 Å². The number of anilines is 1. The molecule has 0 saturated heterocycles. The normalized spacial score (nSPS) is 12.6. The maximum atomic E-state index is 11.2. The Labute approximate surface area is 95.5 Å². The van der Waals surface area contributed by atoms with E-state index in [9.17, 15) is 4.79 Å². The summed E-state index contributed by atoms with van der Waals surface area (Å²) in [6.07, 6.45) is 1.61. The van der Waals surface area contributed by atoms with E-state index in [1.807, 2.05) is 27.7 Å². The lowest BCUT2D eigenvalue weighted by Gasteiger charge is -2.19. The summed E-state index contributed by atoms with van der Waals surface area (Å²) in [5.41, 5.74) is 7.03. The summed E-state index contributed by atoms with van der Waals surface area (Å²) in [7, 11) is 0. The number of hydrogen-bond acceptors (Lipinski definition) is 4. The molecule has 1 amide bonds. The van der Waals surface area contributed by atoms with E-state index in [1.165, 1.54) is 0 Å². The van der Waals surface area contributed by atoms with E-state index in [0.29, 0.717) is 5.82 Å². The number of aromatic nitrogens is 2. The van der Waals surface area contributed by atoms with Gasteiger partial charge in [-0.1, -0.05) is 13.8 Å². The lowest BCUT2D eigenvalue weighted by molar-refractivity contribution is -0.119. The van der Waals surface area contributed by atoms with Gasteiger partial charge in [-0.15, -0.1) is 0 Å². The maximum Gasteiger partial charge on any atom is 0.240 e. The van der Waals surface area contributed by atoms with Gasteiger partial charge in [0.1, 0.15) is 11.9 Å². The quantitative estimate of drug-likeness (QED) is 0.796. The minimum atomic E-state index is -0.420. The Morgan fingerprint density at radius 1 is 1.38 bits per heavy atom. The minimum absolute atomic E-state index is 0.112. The first-order chi connectivity index (χ1) is 7.41. The molecule has 1 aromatic heterocycles. The van der Waals surface area contributed by atoms with Crippen LogP contribution in [0.5, 0.6) is 0 Å². The Morgan fingerprint density at radius 2 is 2.00 bits per heavy atom. The molecule has 1 atom stereocenters. The van der Waals surface area contributed by atoms with Gasteiger partial charge >= 0.3 is 0 Å². The molecule has 0 radical (unpaired) electrons. The predicted molar refractivity (Wildman–Crippen MR) is 62.9 cm³/mol. The molecule has 0 bridgehead atoms. The van der Waals surface area contributed by atoms with E-state index in [1.54, 1.807) is 6.20 Å². The number of primary amides is 1. The number of rotatable bonds is 4. The summed E-state index contributed by atoms with van der Waals surface area (Å²) in [6.45, 7) is 7.62. The van der Waals surface area contributed by atoms with Crippen LogP contribution in [0.3, 0.4) is 0 Å². The number of hydrogen-bond donors (Lipinski definition) is 2. The van der Waals surface area contributed by atoms with Gasteiger partial charge in [0.25, 0.3) is 0 Å². The second-order valence-electron chi connectivity index (χ2n) is 4.19. The number of carbonyl (C=O) groups excluding carboxylic acids is 1. The summed E-state index contributed by atoms with van der Waals surface area (Å²) in [6, 6.07) is -0.420. The smallest absolute Gasteiger partial charge is 0.240 e. The minimum Gasteiger partial charge on any atom is -0.368 e. The Hall–Kier alpha value is -1.65. The second kappa shape index (κ2) is 4.92. The molecule has 0 aliphatic rings. The number of nitrogens with two attached hydrogens (primary N) is 1. The molecule has 0 fully saturated rings. The monoisotopic (exact) mass is 222 g/mol. The number of nitrogens with zero attached hydrogens (tertiary/aromatic N) is 2. The Morgan fingerprint density at radius 3 is 2.44 bits per heavy atom. The molecule has 0 spiro atoms. The standard InChI is InChI=1S/C11H18N4O/c1-6(2)10(11(12)16)15-9-5-13-7(3)8(4)14-9/h5-6,10H,1-4H3,(H2,12,16)(H,14,15). The molecular formula is C11H18N4O. The van der Waals surface area contributed by atoms with Crippen molar-refractivity contribution in [2.24, 2.45) is 11.7 Å². The van der Waals surface area contributed by atoms with Crippen molar-refractivity contribution in [3.05, 3.63) is 17.6 Å². The van der Waals surface area contributed by atoms with Crippen LogP contribution >= 0.6 is 0 Å². The first-order valence-electron chi connectivity index (χ1n) is 5.28. The maximum absolute atomic E-state index is 11.2. The fourth-order valence-corrected chi connectivity index (χ4v) is 1.34. The van der Waals surface area contributed by atoms with Crippen LogP contribution in [-0.4, -0.2) is 21.9 Å². The van der Waals surface area contributed by atoms with E-state index < -0.39 is 6.04 Å². The van der Waals surface area contributed by atoms with E-state index in [-0.39, 0.29) is 11.8 Å². The van der Waals surface area contributed by atoms with Crippen LogP contribution in [0.1, 0.15) is 25.2 Å². The van der Waals surface area contributed by atoms with Crippen molar-refractivity contribution in [2.45, 2.75) is 33.7 Å². The van der Waals surface area contributed by atoms with Gasteiger partial charge in [-0.05, 0) is 19.8 Å². The van der Waals surface area contributed by atoms with Crippen molar-refractivity contribution in [3.63, 3.8) is 0 Å². The van der Waals surface area contributed by atoms with Gasteiger partial charge in [0.05, 0.1) is 17.6 Å². The summed E-state index contributed by atoms with van der Waals surface area (Å²) >= 11 is 0. The number of nitrogens with one attached hydrogen (secondary N) is 1. The number of aryl methyl sites for hydroxylation is 2. The molecular weight excluding hydrogens is 204 g/mol. The van der Waals surface area contributed by atoms with Gasteiger partial charge in [-0.2, -0.15) is 0 Å². The SMILES string of the molecule is Cc1ncc(NC(C(N)=O)C(C)C)nc1C. The van der Waals surface area contributed by atoms with Gasteiger partial charge in [-0.3, -0.25) is 9.78 Å². The Bertz CT molecular complexity index is 390. The fourth-order valence-electron chi connectivity index (χ4n) is 1.34. The van der Waals surface area contributed by atoms with Crippen LogP contribution in [0, 0.1) is 19.8 Å². The van der Waals surface area contributed by atoms with Crippen LogP contribution in [0.25, 0.3) is 0 Å². The van der Waals surface area contributed by atoms with Gasteiger partial charge in [0.15, 0.2) is 0 Å². The van der Waals surface area contributed by atoms with Gasteiger partial charge in [-0.25, -0.2) is 4.98 Å². The highest BCUT2D eigenvalue weighted by atomic mass is 16.1. The van der Waals surface area contributed by atoms with Crippen molar-refractivity contribution in [2.75, 3.05) is 5.32 Å². The number of amides is 1. The van der Waals surface area contributed by atoms with Crippen LogP contribution in [0.4, 0.5) is 5.82 Å². The largest absolute Gasteiger partial charge is 0.368 e. The molecule has 0 saturated carbocycles. The summed E-state index contributed by atoms with van der Waals surface area (Å²) in [5, 5.41) is 3.00. The Balaban J connectivity index is 2.86. The van der Waals surface area contributed by atoms with E-state index >= 15 is 0 Å². The zero-order chi connectivity index (χ0) is 12.3. The first-order valence-corrected chi connectivity index (χ1v) is 5.28. The average Bonchev–Trinajstić information content (AvgIpc) is 2.18. The average molecular weight is 222 g/mol. The summed E-state index contributed by atoms with van der Waals surface area (Å²) in [5.74, 6) is 0.316. The lowest BCUT2D eigenvalue weighted by atomic mass is 10.0. The van der Waals surface area contributed by atoms with Crippen LogP contribution in [0.2, 0.25) is 0 Å². The van der Waals surface area contributed by atoms with Crippen LogP contribution in [-0.2, 0) is 4.79 Å². The fraction of sp³-hybridized carbons (Fsp3) is 0.545. The molecule has 0 aromatic carbocycles.